The summed E-state index contributed by atoms with van der Waals surface area (Å²) in [6.45, 7) is 6.81. The third-order valence-electron chi connectivity index (χ3n) is 4.70. The monoisotopic (exact) mass is 241 g/mol. The Bertz CT molecular complexity index is 207. The number of nitrogens with zero attached hydrogens (tertiary/aromatic N) is 1. The van der Waals surface area contributed by atoms with E-state index in [1.807, 2.05) is 0 Å². The number of aliphatic hydroxyl groups is 1. The third kappa shape index (κ3) is 3.96. The molecule has 1 fully saturated rings. The number of rotatable bonds is 6. The molecule has 2 nitrogen and oxygen atoms in total. The van der Waals surface area contributed by atoms with Gasteiger partial charge in [0.15, 0.2) is 0 Å². The molecule has 0 aliphatic heterocycles. The average molecular weight is 241 g/mol. The van der Waals surface area contributed by atoms with Gasteiger partial charge in [-0.05, 0) is 38.1 Å². The Balaban J connectivity index is 2.63. The molecular weight excluding hydrogens is 210 g/mol. The zero-order chi connectivity index (χ0) is 12.8. The van der Waals surface area contributed by atoms with Crippen LogP contribution in [0.25, 0.3) is 0 Å². The van der Waals surface area contributed by atoms with Crippen LogP contribution in [0.3, 0.4) is 0 Å². The van der Waals surface area contributed by atoms with Crippen LogP contribution in [-0.2, 0) is 0 Å². The zero-order valence-electron chi connectivity index (χ0n) is 12.2. The van der Waals surface area contributed by atoms with Crippen LogP contribution in [0.4, 0.5) is 0 Å². The maximum Gasteiger partial charge on any atom is 0.107 e. The Morgan fingerprint density at radius 3 is 2.47 bits per heavy atom. The van der Waals surface area contributed by atoms with E-state index in [-0.39, 0.29) is 6.23 Å². The summed E-state index contributed by atoms with van der Waals surface area (Å²) >= 11 is 0. The van der Waals surface area contributed by atoms with Crippen LogP contribution in [0.5, 0.6) is 0 Å². The first-order valence-corrected chi connectivity index (χ1v) is 7.51. The van der Waals surface area contributed by atoms with Gasteiger partial charge in [0.25, 0.3) is 0 Å². The van der Waals surface area contributed by atoms with E-state index in [1.165, 1.54) is 32.1 Å². The highest BCUT2D eigenvalue weighted by molar-refractivity contribution is 4.85. The van der Waals surface area contributed by atoms with Crippen molar-refractivity contribution in [2.24, 2.45) is 11.8 Å². The van der Waals surface area contributed by atoms with Crippen molar-refractivity contribution in [3.05, 3.63) is 0 Å². The molecule has 4 atom stereocenters. The molecule has 0 spiro atoms. The smallest absolute Gasteiger partial charge is 0.107 e. The van der Waals surface area contributed by atoms with Gasteiger partial charge in [-0.25, -0.2) is 0 Å². The molecule has 0 amide bonds. The molecule has 0 aromatic carbocycles. The van der Waals surface area contributed by atoms with Crippen molar-refractivity contribution in [2.45, 2.75) is 78.0 Å². The number of hydrogen-bond donors (Lipinski definition) is 1. The Morgan fingerprint density at radius 1 is 1.24 bits per heavy atom. The van der Waals surface area contributed by atoms with Crippen molar-refractivity contribution >= 4 is 0 Å². The molecule has 0 saturated heterocycles. The van der Waals surface area contributed by atoms with Gasteiger partial charge in [0.2, 0.25) is 0 Å². The van der Waals surface area contributed by atoms with Crippen molar-refractivity contribution in [3.8, 4) is 0 Å². The highest BCUT2D eigenvalue weighted by atomic mass is 16.3. The van der Waals surface area contributed by atoms with Crippen LogP contribution in [-0.4, -0.2) is 29.3 Å². The van der Waals surface area contributed by atoms with Gasteiger partial charge >= 0.3 is 0 Å². The Morgan fingerprint density at radius 2 is 1.88 bits per heavy atom. The summed E-state index contributed by atoms with van der Waals surface area (Å²) in [6, 6.07) is 0.597. The Kier molecular flexibility index (Phi) is 6.50. The van der Waals surface area contributed by atoms with E-state index in [1.54, 1.807) is 0 Å². The maximum absolute atomic E-state index is 10.2. The molecule has 1 saturated carbocycles. The molecule has 17 heavy (non-hydrogen) atoms. The minimum Gasteiger partial charge on any atom is -0.378 e. The second-order valence-corrected chi connectivity index (χ2v) is 5.84. The van der Waals surface area contributed by atoms with E-state index < -0.39 is 0 Å². The molecular formula is C15H31NO. The molecule has 1 aliphatic carbocycles. The lowest BCUT2D eigenvalue weighted by Crippen LogP contribution is -2.47. The lowest BCUT2D eigenvalue weighted by molar-refractivity contribution is -0.0465. The summed E-state index contributed by atoms with van der Waals surface area (Å²) < 4.78 is 0. The van der Waals surface area contributed by atoms with E-state index >= 15 is 0 Å². The molecule has 1 aliphatic rings. The van der Waals surface area contributed by atoms with Gasteiger partial charge < -0.3 is 5.11 Å². The fourth-order valence-corrected chi connectivity index (χ4v) is 3.29. The minimum atomic E-state index is -0.241. The first-order valence-electron chi connectivity index (χ1n) is 7.51. The lowest BCUT2D eigenvalue weighted by Gasteiger charge is -2.42. The van der Waals surface area contributed by atoms with E-state index in [4.69, 9.17) is 0 Å². The van der Waals surface area contributed by atoms with Gasteiger partial charge in [-0.2, -0.15) is 0 Å². The molecule has 0 heterocycles. The van der Waals surface area contributed by atoms with E-state index in [9.17, 15) is 5.11 Å². The van der Waals surface area contributed by atoms with Crippen LogP contribution >= 0.6 is 0 Å². The van der Waals surface area contributed by atoms with Crippen LogP contribution in [0, 0.1) is 11.8 Å². The van der Waals surface area contributed by atoms with Gasteiger partial charge in [-0.3, -0.25) is 4.90 Å². The van der Waals surface area contributed by atoms with E-state index in [2.05, 4.69) is 32.7 Å². The van der Waals surface area contributed by atoms with Crippen LogP contribution in [0.15, 0.2) is 0 Å². The quantitative estimate of drug-likeness (QED) is 0.718. The highest BCUT2D eigenvalue weighted by Crippen LogP contribution is 2.35. The molecule has 102 valence electrons. The Labute approximate surface area is 107 Å². The van der Waals surface area contributed by atoms with Crippen molar-refractivity contribution in [1.29, 1.82) is 0 Å². The zero-order valence-corrected chi connectivity index (χ0v) is 12.2. The first kappa shape index (κ1) is 15.0. The molecule has 1 rings (SSSR count). The van der Waals surface area contributed by atoms with E-state index in [0.717, 1.165) is 24.7 Å². The van der Waals surface area contributed by atoms with E-state index in [0.29, 0.717) is 6.04 Å². The molecule has 0 bridgehead atoms. The van der Waals surface area contributed by atoms with Crippen LogP contribution in [0.1, 0.15) is 65.7 Å². The molecule has 0 aromatic rings. The minimum absolute atomic E-state index is 0.241. The second kappa shape index (κ2) is 7.38. The van der Waals surface area contributed by atoms with Gasteiger partial charge in [0.1, 0.15) is 6.23 Å². The molecule has 0 aromatic heterocycles. The van der Waals surface area contributed by atoms with Gasteiger partial charge in [-0.1, -0.05) is 46.5 Å². The Hall–Kier alpha value is -0.0800. The van der Waals surface area contributed by atoms with Gasteiger partial charge in [0.05, 0.1) is 0 Å². The summed E-state index contributed by atoms with van der Waals surface area (Å²) in [7, 11) is 2.12. The van der Waals surface area contributed by atoms with Crippen molar-refractivity contribution in [1.82, 2.24) is 4.90 Å². The molecule has 2 heteroatoms. The average Bonchev–Trinajstić information content (AvgIpc) is 2.37. The summed E-state index contributed by atoms with van der Waals surface area (Å²) in [5.41, 5.74) is 0. The summed E-state index contributed by atoms with van der Waals surface area (Å²) in [6.07, 6.45) is 8.32. The van der Waals surface area contributed by atoms with Crippen molar-refractivity contribution in [3.63, 3.8) is 0 Å². The summed E-state index contributed by atoms with van der Waals surface area (Å²) in [5.74, 6) is 1.57. The topological polar surface area (TPSA) is 23.5 Å². The lowest BCUT2D eigenvalue weighted by atomic mass is 9.75. The fraction of sp³-hybridized carbons (Fsp3) is 1.00. The standard InChI is InChI=1S/C15H31NO/c1-5-9-15(17)16(4)14-11-8-7-10-13(14)12(3)6-2/h12-15,17H,5-11H2,1-4H3. The normalized spacial score (nSPS) is 29.3. The summed E-state index contributed by atoms with van der Waals surface area (Å²) in [5, 5.41) is 10.2. The van der Waals surface area contributed by atoms with Crippen molar-refractivity contribution in [2.75, 3.05) is 7.05 Å². The predicted molar refractivity (Wildman–Crippen MR) is 73.9 cm³/mol. The van der Waals surface area contributed by atoms with Crippen LogP contribution in [0.2, 0.25) is 0 Å². The van der Waals surface area contributed by atoms with Crippen LogP contribution < -0.4 is 0 Å². The third-order valence-corrected chi connectivity index (χ3v) is 4.70. The maximum atomic E-state index is 10.2. The molecule has 4 unspecified atom stereocenters. The summed E-state index contributed by atoms with van der Waals surface area (Å²) in [4.78, 5) is 2.25. The number of hydrogen-bond acceptors (Lipinski definition) is 2. The van der Waals surface area contributed by atoms with Gasteiger partial charge in [-0.15, -0.1) is 0 Å². The van der Waals surface area contributed by atoms with Gasteiger partial charge in [0, 0.05) is 6.04 Å². The first-order chi connectivity index (χ1) is 8.11. The van der Waals surface area contributed by atoms with Crippen molar-refractivity contribution < 1.29 is 5.11 Å². The molecule has 1 N–H and O–H groups in total. The number of aliphatic hydroxyl groups excluding tert-OH is 1. The predicted octanol–water partition coefficient (Wildman–Crippen LogP) is 3.64. The largest absolute Gasteiger partial charge is 0.378 e. The SMILES string of the molecule is CCCC(O)N(C)C1CCCCC1C(C)CC. The molecule has 0 radical (unpaired) electrons. The fourth-order valence-electron chi connectivity index (χ4n) is 3.29. The second-order valence-electron chi connectivity index (χ2n) is 5.84. The highest BCUT2D eigenvalue weighted by Gasteiger charge is 2.33.